The van der Waals surface area contributed by atoms with Gasteiger partial charge in [-0.2, -0.15) is 4.39 Å². The van der Waals surface area contributed by atoms with Crippen molar-refractivity contribution < 1.29 is 19.1 Å². The molecular weight excluding hydrogens is 333 g/mol. The molecule has 1 aliphatic carbocycles. The number of imidazole rings is 1. The number of hydrogen-bond donors (Lipinski definition) is 2. The second-order valence-electron chi connectivity index (χ2n) is 4.67. The molecule has 6 nitrogen and oxygen atoms in total. The number of hydrogen-bond acceptors (Lipinski definition) is 3. The highest BCUT2D eigenvalue weighted by molar-refractivity contribution is 9.10. The minimum Gasteiger partial charge on any atom is -0.480 e. The standard InChI is InChI=1S/C12H9BrFN3O3/c13-6-1-2-7-15-8(9(14)17(7)5-6)10(18)16-12(3-4-12)11(19)20/h1-2,5H,3-4H2,(H,16,18)(H,19,20). The van der Waals surface area contributed by atoms with E-state index < -0.39 is 29.1 Å². The molecule has 2 aromatic heterocycles. The number of aromatic nitrogens is 2. The Balaban J connectivity index is 1.96. The van der Waals surface area contributed by atoms with Crippen molar-refractivity contribution in [1.29, 1.82) is 0 Å². The molecule has 0 radical (unpaired) electrons. The van der Waals surface area contributed by atoms with E-state index >= 15 is 0 Å². The fourth-order valence-electron chi connectivity index (χ4n) is 1.93. The molecule has 0 unspecified atom stereocenters. The van der Waals surface area contributed by atoms with E-state index in [2.05, 4.69) is 26.2 Å². The van der Waals surface area contributed by atoms with E-state index in [1.165, 1.54) is 6.20 Å². The highest BCUT2D eigenvalue weighted by Gasteiger charge is 2.52. The van der Waals surface area contributed by atoms with Crippen molar-refractivity contribution in [3.63, 3.8) is 0 Å². The van der Waals surface area contributed by atoms with E-state index in [1.54, 1.807) is 12.1 Å². The van der Waals surface area contributed by atoms with Gasteiger partial charge in [-0.3, -0.25) is 9.20 Å². The first-order valence-electron chi connectivity index (χ1n) is 5.82. The fourth-order valence-corrected chi connectivity index (χ4v) is 2.27. The number of rotatable bonds is 3. The van der Waals surface area contributed by atoms with Gasteiger partial charge in [-0.05, 0) is 40.9 Å². The van der Waals surface area contributed by atoms with Gasteiger partial charge >= 0.3 is 5.97 Å². The zero-order valence-corrected chi connectivity index (χ0v) is 11.6. The Morgan fingerprint density at radius 3 is 2.75 bits per heavy atom. The van der Waals surface area contributed by atoms with Crippen LogP contribution < -0.4 is 5.32 Å². The number of carbonyl (C=O) groups is 2. The summed E-state index contributed by atoms with van der Waals surface area (Å²) >= 11 is 3.20. The summed E-state index contributed by atoms with van der Waals surface area (Å²) in [6.45, 7) is 0. The van der Waals surface area contributed by atoms with Gasteiger partial charge in [0.1, 0.15) is 11.2 Å². The lowest BCUT2D eigenvalue weighted by Gasteiger charge is -2.10. The van der Waals surface area contributed by atoms with Crippen molar-refractivity contribution in [1.82, 2.24) is 14.7 Å². The molecular formula is C12H9BrFN3O3. The Morgan fingerprint density at radius 2 is 2.15 bits per heavy atom. The second-order valence-corrected chi connectivity index (χ2v) is 5.58. The van der Waals surface area contributed by atoms with Gasteiger partial charge in [-0.1, -0.05) is 0 Å². The van der Waals surface area contributed by atoms with Crippen LogP contribution >= 0.6 is 15.9 Å². The Labute approximate surface area is 120 Å². The summed E-state index contributed by atoms with van der Waals surface area (Å²) in [5, 5.41) is 11.3. The van der Waals surface area contributed by atoms with Crippen LogP contribution in [0.1, 0.15) is 23.3 Å². The van der Waals surface area contributed by atoms with Crippen LogP contribution in [0.3, 0.4) is 0 Å². The molecule has 0 aliphatic heterocycles. The van der Waals surface area contributed by atoms with Crippen molar-refractivity contribution in [3.05, 3.63) is 34.4 Å². The maximum atomic E-state index is 14.1. The van der Waals surface area contributed by atoms with Crippen LogP contribution in [-0.4, -0.2) is 31.9 Å². The smallest absolute Gasteiger partial charge is 0.329 e. The lowest BCUT2D eigenvalue weighted by atomic mass is 10.2. The third kappa shape index (κ3) is 1.96. The number of fused-ring (bicyclic) bond motifs is 1. The van der Waals surface area contributed by atoms with E-state index in [1.807, 2.05) is 0 Å². The van der Waals surface area contributed by atoms with Gasteiger partial charge in [0.2, 0.25) is 5.95 Å². The zero-order chi connectivity index (χ0) is 14.5. The van der Waals surface area contributed by atoms with Gasteiger partial charge in [-0.15, -0.1) is 0 Å². The molecule has 8 heteroatoms. The average molecular weight is 342 g/mol. The van der Waals surface area contributed by atoms with Gasteiger partial charge < -0.3 is 10.4 Å². The predicted molar refractivity (Wildman–Crippen MR) is 69.9 cm³/mol. The van der Waals surface area contributed by atoms with Crippen LogP contribution in [-0.2, 0) is 4.79 Å². The van der Waals surface area contributed by atoms with Crippen LogP contribution in [0.2, 0.25) is 0 Å². The van der Waals surface area contributed by atoms with Gasteiger partial charge in [0, 0.05) is 10.7 Å². The minimum atomic E-state index is -1.26. The van der Waals surface area contributed by atoms with Crippen molar-refractivity contribution in [2.75, 3.05) is 0 Å². The molecule has 1 fully saturated rings. The van der Waals surface area contributed by atoms with E-state index in [-0.39, 0.29) is 5.65 Å². The molecule has 1 saturated carbocycles. The second kappa shape index (κ2) is 4.27. The average Bonchev–Trinajstić information content (AvgIpc) is 3.10. The number of halogens is 2. The van der Waals surface area contributed by atoms with E-state index in [0.717, 1.165) is 4.40 Å². The van der Waals surface area contributed by atoms with Gasteiger partial charge in [0.15, 0.2) is 5.69 Å². The molecule has 0 aromatic carbocycles. The molecule has 0 atom stereocenters. The Kier molecular flexibility index (Phi) is 2.79. The summed E-state index contributed by atoms with van der Waals surface area (Å²) in [4.78, 5) is 26.9. The number of carbonyl (C=O) groups excluding carboxylic acids is 1. The summed E-state index contributed by atoms with van der Waals surface area (Å²) in [5.41, 5.74) is -1.40. The molecule has 0 spiro atoms. The number of nitrogens with zero attached hydrogens (tertiary/aromatic N) is 2. The lowest BCUT2D eigenvalue weighted by molar-refractivity contribution is -0.140. The third-order valence-corrected chi connectivity index (χ3v) is 3.72. The molecule has 1 amide bonds. The fraction of sp³-hybridized carbons (Fsp3) is 0.250. The van der Waals surface area contributed by atoms with Crippen LogP contribution in [0.15, 0.2) is 22.8 Å². The number of aliphatic carboxylic acids is 1. The molecule has 1 aliphatic rings. The molecule has 0 bridgehead atoms. The summed E-state index contributed by atoms with van der Waals surface area (Å²) < 4.78 is 15.9. The van der Waals surface area contributed by atoms with Crippen molar-refractivity contribution in [3.8, 4) is 0 Å². The number of carboxylic acid groups (broad SMARTS) is 1. The van der Waals surface area contributed by atoms with Crippen LogP contribution in [0.25, 0.3) is 5.65 Å². The lowest BCUT2D eigenvalue weighted by Crippen LogP contribution is -2.43. The topological polar surface area (TPSA) is 83.7 Å². The minimum absolute atomic E-state index is 0.274. The van der Waals surface area contributed by atoms with Gasteiger partial charge in [-0.25, -0.2) is 9.78 Å². The van der Waals surface area contributed by atoms with Crippen LogP contribution in [0.5, 0.6) is 0 Å². The van der Waals surface area contributed by atoms with Crippen LogP contribution in [0.4, 0.5) is 4.39 Å². The maximum Gasteiger partial charge on any atom is 0.329 e. The molecule has 2 N–H and O–H groups in total. The van der Waals surface area contributed by atoms with Crippen LogP contribution in [0, 0.1) is 5.95 Å². The normalized spacial score (nSPS) is 16.1. The first-order chi connectivity index (χ1) is 9.43. The molecule has 2 aromatic rings. The van der Waals surface area contributed by atoms with E-state index in [9.17, 15) is 14.0 Å². The number of pyridine rings is 1. The van der Waals surface area contributed by atoms with E-state index in [0.29, 0.717) is 17.3 Å². The highest BCUT2D eigenvalue weighted by Crippen LogP contribution is 2.35. The first kappa shape index (κ1) is 13.0. The number of nitrogens with one attached hydrogen (secondary N) is 1. The largest absolute Gasteiger partial charge is 0.480 e. The summed E-state index contributed by atoms with van der Waals surface area (Å²) in [6.07, 6.45) is 2.13. The molecule has 2 heterocycles. The van der Waals surface area contributed by atoms with Crippen molar-refractivity contribution in [2.45, 2.75) is 18.4 Å². The molecule has 3 rings (SSSR count). The third-order valence-electron chi connectivity index (χ3n) is 3.25. The zero-order valence-electron chi connectivity index (χ0n) is 10.1. The van der Waals surface area contributed by atoms with Gasteiger partial charge in [0.05, 0.1) is 0 Å². The molecule has 104 valence electrons. The predicted octanol–water partition coefficient (Wildman–Crippen LogP) is 1.58. The van der Waals surface area contributed by atoms with Crippen molar-refractivity contribution in [2.24, 2.45) is 0 Å². The number of carboxylic acids is 1. The SMILES string of the molecule is O=C(NC1(C(=O)O)CC1)c1nc2ccc(Br)cn2c1F. The monoisotopic (exact) mass is 341 g/mol. The summed E-state index contributed by atoms with van der Waals surface area (Å²) in [5.74, 6) is -2.75. The van der Waals surface area contributed by atoms with Crippen molar-refractivity contribution >= 4 is 33.5 Å². The summed E-state index contributed by atoms with van der Waals surface area (Å²) in [7, 11) is 0. The van der Waals surface area contributed by atoms with E-state index in [4.69, 9.17) is 5.11 Å². The Morgan fingerprint density at radius 1 is 1.45 bits per heavy atom. The Bertz CT molecular complexity index is 739. The number of amides is 1. The Hall–Kier alpha value is -1.96. The highest BCUT2D eigenvalue weighted by atomic mass is 79.9. The van der Waals surface area contributed by atoms with Gasteiger partial charge in [0.25, 0.3) is 5.91 Å². The quantitative estimate of drug-likeness (QED) is 0.887. The maximum absolute atomic E-state index is 14.1. The first-order valence-corrected chi connectivity index (χ1v) is 6.61. The molecule has 0 saturated heterocycles. The summed E-state index contributed by atoms with van der Waals surface area (Å²) in [6, 6.07) is 3.22. The molecule has 20 heavy (non-hydrogen) atoms.